The summed E-state index contributed by atoms with van der Waals surface area (Å²) in [6.07, 6.45) is 1.27. The molecule has 1 aliphatic rings. The number of esters is 1. The summed E-state index contributed by atoms with van der Waals surface area (Å²) < 4.78 is 5.20. The third-order valence-corrected chi connectivity index (χ3v) is 4.08. The Hall–Kier alpha value is -4.23. The molecule has 0 radical (unpaired) electrons. The van der Waals surface area contributed by atoms with Crippen LogP contribution in [-0.4, -0.2) is 29.2 Å². The molecule has 0 aliphatic carbocycles. The molecule has 136 valence electrons. The molecule has 1 aliphatic heterocycles. The van der Waals surface area contributed by atoms with E-state index >= 15 is 0 Å². The molecule has 7 nitrogen and oxygen atoms in total. The van der Waals surface area contributed by atoms with Crippen LogP contribution in [0.5, 0.6) is 5.75 Å². The molecule has 0 aromatic heterocycles. The summed E-state index contributed by atoms with van der Waals surface area (Å²) in [5.74, 6) is -1.15. The van der Waals surface area contributed by atoms with Crippen LogP contribution in [0.15, 0.2) is 54.1 Å². The van der Waals surface area contributed by atoms with Crippen LogP contribution in [0.2, 0.25) is 0 Å². The zero-order valence-electron chi connectivity index (χ0n) is 14.6. The number of benzene rings is 2. The molecule has 0 spiro atoms. The Morgan fingerprint density at radius 2 is 1.54 bits per heavy atom. The topological polar surface area (TPSA) is 111 Å². The van der Waals surface area contributed by atoms with Gasteiger partial charge in [-0.3, -0.25) is 19.3 Å². The lowest BCUT2D eigenvalue weighted by atomic mass is 10.1. The van der Waals surface area contributed by atoms with Crippen LogP contribution in [0.3, 0.4) is 0 Å². The number of nitrogens with zero attached hydrogens (tertiary/aromatic N) is 3. The third-order valence-electron chi connectivity index (χ3n) is 4.08. The number of hydrogen-bond donors (Lipinski definition) is 0. The number of fused-ring (bicyclic) bond motifs is 1. The van der Waals surface area contributed by atoms with Gasteiger partial charge in [-0.05, 0) is 35.9 Å². The van der Waals surface area contributed by atoms with Gasteiger partial charge in [0.2, 0.25) is 0 Å². The first-order chi connectivity index (χ1) is 13.5. The molecule has 0 bridgehead atoms. The highest BCUT2D eigenvalue weighted by molar-refractivity contribution is 6.21. The summed E-state index contributed by atoms with van der Waals surface area (Å²) in [4.78, 5) is 37.6. The van der Waals surface area contributed by atoms with Crippen LogP contribution in [-0.2, 0) is 4.79 Å². The summed E-state index contributed by atoms with van der Waals surface area (Å²) in [6.45, 7) is -0.0697. The van der Waals surface area contributed by atoms with Crippen molar-refractivity contribution in [1.29, 1.82) is 10.5 Å². The maximum atomic E-state index is 12.3. The highest BCUT2D eigenvalue weighted by Gasteiger charge is 2.35. The normalized spacial score (nSPS) is 12.0. The van der Waals surface area contributed by atoms with Gasteiger partial charge in [0.15, 0.2) is 0 Å². The van der Waals surface area contributed by atoms with E-state index in [-0.39, 0.29) is 24.3 Å². The SMILES string of the molecule is N#CC(C#N)=Cc1ccc(OC(=O)CCN2C(=O)c3ccccc3C2=O)cc1. The fourth-order valence-corrected chi connectivity index (χ4v) is 2.72. The number of carbonyl (C=O) groups is 3. The van der Waals surface area contributed by atoms with Crippen molar-refractivity contribution in [2.75, 3.05) is 6.54 Å². The van der Waals surface area contributed by atoms with Crippen molar-refractivity contribution < 1.29 is 19.1 Å². The van der Waals surface area contributed by atoms with Crippen molar-refractivity contribution in [3.05, 3.63) is 70.8 Å². The van der Waals surface area contributed by atoms with Gasteiger partial charge in [0.05, 0.1) is 17.5 Å². The summed E-state index contributed by atoms with van der Waals surface area (Å²) in [6, 6.07) is 16.3. The number of ether oxygens (including phenoxy) is 1. The van der Waals surface area contributed by atoms with E-state index in [1.165, 1.54) is 18.2 Å². The van der Waals surface area contributed by atoms with E-state index in [0.717, 1.165) is 4.90 Å². The van der Waals surface area contributed by atoms with Gasteiger partial charge in [-0.25, -0.2) is 0 Å². The molecule has 2 aromatic carbocycles. The Balaban J connectivity index is 1.58. The number of rotatable bonds is 5. The molecule has 0 saturated carbocycles. The molecule has 0 N–H and O–H groups in total. The van der Waals surface area contributed by atoms with Crippen LogP contribution in [0.25, 0.3) is 6.08 Å². The predicted molar refractivity (Wildman–Crippen MR) is 97.7 cm³/mol. The second-order valence-corrected chi connectivity index (χ2v) is 5.88. The maximum Gasteiger partial charge on any atom is 0.312 e. The molecule has 0 saturated heterocycles. The number of amides is 2. The molecule has 0 fully saturated rings. The molecule has 1 heterocycles. The highest BCUT2D eigenvalue weighted by atomic mass is 16.5. The fraction of sp³-hybridized carbons (Fsp3) is 0.0952. The van der Waals surface area contributed by atoms with Crippen LogP contribution in [0.1, 0.15) is 32.7 Å². The van der Waals surface area contributed by atoms with Crippen LogP contribution < -0.4 is 4.74 Å². The maximum absolute atomic E-state index is 12.3. The van der Waals surface area contributed by atoms with Crippen molar-refractivity contribution in [2.24, 2.45) is 0 Å². The smallest absolute Gasteiger partial charge is 0.312 e. The minimum atomic E-state index is -0.588. The van der Waals surface area contributed by atoms with E-state index in [0.29, 0.717) is 16.7 Å². The van der Waals surface area contributed by atoms with Gasteiger partial charge in [0.25, 0.3) is 11.8 Å². The second-order valence-electron chi connectivity index (χ2n) is 5.88. The molecule has 2 aromatic rings. The first-order valence-corrected chi connectivity index (χ1v) is 8.31. The number of imide groups is 1. The molecule has 7 heteroatoms. The van der Waals surface area contributed by atoms with Crippen molar-refractivity contribution in [3.63, 3.8) is 0 Å². The minimum Gasteiger partial charge on any atom is -0.426 e. The number of hydrogen-bond acceptors (Lipinski definition) is 6. The average molecular weight is 371 g/mol. The van der Waals surface area contributed by atoms with Crippen molar-refractivity contribution in [3.8, 4) is 17.9 Å². The van der Waals surface area contributed by atoms with E-state index < -0.39 is 17.8 Å². The second kappa shape index (κ2) is 7.98. The third kappa shape index (κ3) is 3.79. The number of allylic oxidation sites excluding steroid dienone is 1. The summed E-state index contributed by atoms with van der Waals surface area (Å²) >= 11 is 0. The summed E-state index contributed by atoms with van der Waals surface area (Å²) in [5, 5.41) is 17.5. The molecule has 0 atom stereocenters. The number of nitriles is 2. The van der Waals surface area contributed by atoms with Crippen molar-refractivity contribution >= 4 is 23.9 Å². The molecular formula is C21H13N3O4. The Kier molecular flexibility index (Phi) is 5.29. The molecule has 3 rings (SSSR count). The van der Waals surface area contributed by atoms with E-state index in [9.17, 15) is 14.4 Å². The predicted octanol–water partition coefficient (Wildman–Crippen LogP) is 2.71. The standard InChI is InChI=1S/C21H13N3O4/c22-12-15(13-23)11-14-5-7-16(8-6-14)28-19(25)9-10-24-20(26)17-3-1-2-4-18(17)21(24)27/h1-8,11H,9-10H2. The average Bonchev–Trinajstić information content (AvgIpc) is 2.96. The lowest BCUT2D eigenvalue weighted by Gasteiger charge is -2.13. The van der Waals surface area contributed by atoms with Crippen molar-refractivity contribution in [2.45, 2.75) is 6.42 Å². The fourth-order valence-electron chi connectivity index (χ4n) is 2.72. The van der Waals surface area contributed by atoms with E-state index in [1.54, 1.807) is 48.5 Å². The van der Waals surface area contributed by atoms with E-state index in [1.807, 2.05) is 0 Å². The molecule has 28 heavy (non-hydrogen) atoms. The molecule has 2 amide bonds. The van der Waals surface area contributed by atoms with E-state index in [4.69, 9.17) is 15.3 Å². The first kappa shape index (κ1) is 18.6. The Morgan fingerprint density at radius 1 is 0.964 bits per heavy atom. The van der Waals surface area contributed by atoms with Gasteiger partial charge in [0.1, 0.15) is 23.5 Å². The Morgan fingerprint density at radius 3 is 2.07 bits per heavy atom. The molecule has 0 unspecified atom stereocenters. The number of carbonyl (C=O) groups excluding carboxylic acids is 3. The van der Waals surface area contributed by atoms with Crippen LogP contribution in [0, 0.1) is 22.7 Å². The highest BCUT2D eigenvalue weighted by Crippen LogP contribution is 2.22. The van der Waals surface area contributed by atoms with Gasteiger partial charge >= 0.3 is 5.97 Å². The van der Waals surface area contributed by atoms with E-state index in [2.05, 4.69) is 0 Å². The Bertz CT molecular complexity index is 1020. The zero-order valence-corrected chi connectivity index (χ0v) is 14.6. The summed E-state index contributed by atoms with van der Waals surface area (Å²) in [5.41, 5.74) is 1.24. The van der Waals surface area contributed by atoms with Gasteiger partial charge < -0.3 is 4.74 Å². The zero-order chi connectivity index (χ0) is 20.1. The van der Waals surface area contributed by atoms with Crippen LogP contribution in [0.4, 0.5) is 0 Å². The lowest BCUT2D eigenvalue weighted by Crippen LogP contribution is -2.32. The van der Waals surface area contributed by atoms with Crippen LogP contribution >= 0.6 is 0 Å². The summed E-state index contributed by atoms with van der Waals surface area (Å²) in [7, 11) is 0. The van der Waals surface area contributed by atoms with Gasteiger partial charge in [-0.15, -0.1) is 0 Å². The first-order valence-electron chi connectivity index (χ1n) is 8.31. The Labute approximate surface area is 160 Å². The van der Waals surface area contributed by atoms with Gasteiger partial charge in [-0.2, -0.15) is 10.5 Å². The largest absolute Gasteiger partial charge is 0.426 e. The minimum absolute atomic E-state index is 0.0364. The quantitative estimate of drug-likeness (QED) is 0.346. The lowest BCUT2D eigenvalue weighted by molar-refractivity contribution is -0.134. The van der Waals surface area contributed by atoms with Gasteiger partial charge in [0, 0.05) is 6.54 Å². The van der Waals surface area contributed by atoms with Crippen molar-refractivity contribution in [1.82, 2.24) is 4.90 Å². The van der Waals surface area contributed by atoms with Gasteiger partial charge in [-0.1, -0.05) is 24.3 Å². The molecular weight excluding hydrogens is 358 g/mol. The monoisotopic (exact) mass is 371 g/mol.